The summed E-state index contributed by atoms with van der Waals surface area (Å²) >= 11 is 0. The predicted molar refractivity (Wildman–Crippen MR) is 113 cm³/mol. The molecular formula is C21H21F6N7O3. The highest BCUT2D eigenvalue weighted by Crippen LogP contribution is 2.43. The highest BCUT2D eigenvalue weighted by molar-refractivity contribution is 5.87. The number of halogens is 6. The number of carbonyl (C=O) groups excluding carboxylic acids is 1. The number of piperazine rings is 1. The number of alkyl halides is 6. The van der Waals surface area contributed by atoms with Gasteiger partial charge >= 0.3 is 12.4 Å². The molecular weight excluding hydrogens is 512 g/mol. The highest BCUT2D eigenvalue weighted by atomic mass is 19.4. The average molecular weight is 533 g/mol. The van der Waals surface area contributed by atoms with Crippen LogP contribution in [0.25, 0.3) is 0 Å². The van der Waals surface area contributed by atoms with E-state index in [1.807, 2.05) is 5.10 Å². The maximum Gasteiger partial charge on any atom is 0.422 e. The first-order chi connectivity index (χ1) is 17.3. The number of aliphatic hydroxyl groups is 1. The zero-order chi connectivity index (χ0) is 26.8. The third kappa shape index (κ3) is 4.52. The van der Waals surface area contributed by atoms with Crippen molar-refractivity contribution in [1.29, 1.82) is 0 Å². The molecule has 0 saturated carbocycles. The maximum atomic E-state index is 13.4. The molecule has 1 unspecified atom stereocenters. The van der Waals surface area contributed by atoms with Gasteiger partial charge < -0.3 is 14.9 Å². The Labute approximate surface area is 204 Å². The van der Waals surface area contributed by atoms with Gasteiger partial charge in [-0.2, -0.15) is 31.4 Å². The van der Waals surface area contributed by atoms with Gasteiger partial charge in [0.1, 0.15) is 5.56 Å². The second-order valence-corrected chi connectivity index (χ2v) is 9.33. The van der Waals surface area contributed by atoms with Crippen molar-refractivity contribution in [2.24, 2.45) is 0 Å². The van der Waals surface area contributed by atoms with Crippen molar-refractivity contribution in [3.05, 3.63) is 45.1 Å². The van der Waals surface area contributed by atoms with Crippen molar-refractivity contribution in [3.8, 4) is 0 Å². The van der Waals surface area contributed by atoms with Crippen LogP contribution in [0.2, 0.25) is 0 Å². The summed E-state index contributed by atoms with van der Waals surface area (Å²) in [5, 5.41) is 16.6. The fraction of sp³-hybridized carbons (Fsp3) is 0.571. The van der Waals surface area contributed by atoms with E-state index in [-0.39, 0.29) is 69.3 Å². The number of hydrogen-bond acceptors (Lipinski definition) is 8. The van der Waals surface area contributed by atoms with Gasteiger partial charge in [-0.15, -0.1) is 0 Å². The molecule has 16 heteroatoms. The summed E-state index contributed by atoms with van der Waals surface area (Å²) in [6.45, 7) is 0.612. The van der Waals surface area contributed by atoms with Crippen molar-refractivity contribution in [1.82, 2.24) is 30.0 Å². The van der Waals surface area contributed by atoms with Crippen molar-refractivity contribution in [2.75, 3.05) is 44.2 Å². The lowest BCUT2D eigenvalue weighted by atomic mass is 9.89. The molecule has 5 rings (SSSR count). The number of rotatable bonds is 3. The van der Waals surface area contributed by atoms with Gasteiger partial charge in [-0.05, 0) is 18.4 Å². The zero-order valence-electron chi connectivity index (χ0n) is 19.1. The fourth-order valence-corrected chi connectivity index (χ4v) is 5.12. The van der Waals surface area contributed by atoms with Crippen molar-refractivity contribution < 1.29 is 36.2 Å². The average Bonchev–Trinajstić information content (AvgIpc) is 3.23. The molecule has 200 valence electrons. The number of anilines is 1. The van der Waals surface area contributed by atoms with Gasteiger partial charge in [0.25, 0.3) is 11.5 Å². The van der Waals surface area contributed by atoms with Crippen LogP contribution in [0.15, 0.2) is 17.2 Å². The Morgan fingerprint density at radius 3 is 2.22 bits per heavy atom. The molecule has 1 amide bonds. The molecule has 1 atom stereocenters. The summed E-state index contributed by atoms with van der Waals surface area (Å²) in [5.74, 6) is -0.447. The minimum absolute atomic E-state index is 0.00260. The molecule has 3 aliphatic rings. The Morgan fingerprint density at radius 2 is 1.65 bits per heavy atom. The first-order valence-electron chi connectivity index (χ1n) is 11.4. The molecule has 37 heavy (non-hydrogen) atoms. The minimum Gasteiger partial charge on any atom is -0.377 e. The number of aromatic nitrogens is 4. The molecule has 2 aromatic rings. The number of amides is 1. The van der Waals surface area contributed by atoms with Crippen LogP contribution in [0.5, 0.6) is 0 Å². The summed E-state index contributed by atoms with van der Waals surface area (Å²) in [6, 6.07) is -0.574. The number of fused-ring (bicyclic) bond motifs is 1. The predicted octanol–water partition coefficient (Wildman–Crippen LogP) is 0.980. The number of likely N-dealkylation sites (tertiary alicyclic amines) is 1. The number of nitrogens with one attached hydrogen (secondary N) is 1. The van der Waals surface area contributed by atoms with E-state index in [1.165, 1.54) is 4.90 Å². The van der Waals surface area contributed by atoms with Crippen LogP contribution in [-0.2, 0) is 23.6 Å². The molecule has 2 aromatic heterocycles. The molecule has 2 saturated heterocycles. The van der Waals surface area contributed by atoms with Gasteiger partial charge in [-0.25, -0.2) is 15.1 Å². The summed E-state index contributed by atoms with van der Waals surface area (Å²) in [7, 11) is 0. The lowest BCUT2D eigenvalue weighted by molar-refractivity contribution is -0.175. The Morgan fingerprint density at radius 1 is 1.03 bits per heavy atom. The quantitative estimate of drug-likeness (QED) is 0.561. The van der Waals surface area contributed by atoms with Crippen LogP contribution in [0.1, 0.15) is 34.8 Å². The number of H-pyrrole nitrogens is 1. The number of β-amino-alcohol motifs (C(OH)–C–C–N with tert-alkyl or cyclic N) is 1. The first kappa shape index (κ1) is 25.4. The molecule has 4 heterocycles. The summed E-state index contributed by atoms with van der Waals surface area (Å²) in [4.78, 5) is 36.9. The van der Waals surface area contributed by atoms with Gasteiger partial charge in [0.05, 0.1) is 17.3 Å². The van der Waals surface area contributed by atoms with Gasteiger partial charge in [0.2, 0.25) is 5.95 Å². The third-order valence-electron chi connectivity index (χ3n) is 6.97. The van der Waals surface area contributed by atoms with E-state index in [0.29, 0.717) is 12.4 Å². The Kier molecular flexibility index (Phi) is 5.93. The molecule has 2 fully saturated rings. The Bertz CT molecular complexity index is 1250. The molecule has 0 spiro atoms. The maximum absolute atomic E-state index is 13.4. The van der Waals surface area contributed by atoms with E-state index in [1.54, 1.807) is 9.80 Å². The normalized spacial score (nSPS) is 22.1. The Hall–Kier alpha value is -3.27. The van der Waals surface area contributed by atoms with Gasteiger partial charge in [0.15, 0.2) is 5.60 Å². The summed E-state index contributed by atoms with van der Waals surface area (Å²) < 4.78 is 78.2. The van der Waals surface area contributed by atoms with Crippen LogP contribution in [-0.4, -0.2) is 85.8 Å². The van der Waals surface area contributed by atoms with Gasteiger partial charge in [-0.1, -0.05) is 0 Å². The smallest absolute Gasteiger partial charge is 0.377 e. The zero-order valence-corrected chi connectivity index (χ0v) is 19.1. The standard InChI is InChI=1S/C21H21F6N7O3/c22-20(23,24)11-7-28-18(29-8-11)33-5-3-32(4-6-33)17(36)19(37)9-34(10-19)13-2-1-12-14(21(25,26)27)16(35)31-30-15(12)13/h7-8,13,37H,1-6,9-10H2,(H,31,35). The summed E-state index contributed by atoms with van der Waals surface area (Å²) in [6.07, 6.45) is -7.73. The monoisotopic (exact) mass is 533 g/mol. The number of hydrogen-bond donors (Lipinski definition) is 2. The van der Waals surface area contributed by atoms with Gasteiger partial charge in [-0.3, -0.25) is 14.5 Å². The van der Waals surface area contributed by atoms with Crippen LogP contribution < -0.4 is 10.5 Å². The molecule has 2 N–H and O–H groups in total. The molecule has 10 nitrogen and oxygen atoms in total. The second kappa shape index (κ2) is 8.65. The number of carbonyl (C=O) groups is 1. The lowest BCUT2D eigenvalue weighted by Crippen LogP contribution is -2.70. The van der Waals surface area contributed by atoms with Crippen molar-refractivity contribution in [2.45, 2.75) is 36.8 Å². The van der Waals surface area contributed by atoms with E-state index in [2.05, 4.69) is 15.1 Å². The largest absolute Gasteiger partial charge is 0.422 e. The molecule has 1 aliphatic carbocycles. The summed E-state index contributed by atoms with van der Waals surface area (Å²) in [5.41, 5.74) is -5.34. The van der Waals surface area contributed by atoms with E-state index in [9.17, 15) is 41.0 Å². The first-order valence-corrected chi connectivity index (χ1v) is 11.4. The topological polar surface area (TPSA) is 119 Å². The van der Waals surface area contributed by atoms with E-state index in [0.717, 1.165) is 0 Å². The highest BCUT2D eigenvalue weighted by Gasteiger charge is 2.54. The van der Waals surface area contributed by atoms with Crippen LogP contribution in [0.3, 0.4) is 0 Å². The lowest BCUT2D eigenvalue weighted by Gasteiger charge is -2.50. The van der Waals surface area contributed by atoms with Crippen LogP contribution in [0.4, 0.5) is 32.3 Å². The Balaban J connectivity index is 1.20. The number of nitrogens with zero attached hydrogens (tertiary/aromatic N) is 6. The van der Waals surface area contributed by atoms with Crippen molar-refractivity contribution >= 4 is 11.9 Å². The van der Waals surface area contributed by atoms with Crippen molar-refractivity contribution in [3.63, 3.8) is 0 Å². The molecule has 0 radical (unpaired) electrons. The third-order valence-corrected chi connectivity index (χ3v) is 6.97. The SMILES string of the molecule is O=C(N1CCN(c2ncc(C(F)(F)F)cn2)CC1)C1(O)CN(C2CCc3c2n[nH]c(=O)c3C(F)(F)F)C1. The molecule has 0 bridgehead atoms. The second-order valence-electron chi connectivity index (χ2n) is 9.33. The van der Waals surface area contributed by atoms with Gasteiger partial charge in [0, 0.05) is 51.7 Å². The minimum atomic E-state index is -4.82. The molecule has 2 aliphatic heterocycles. The van der Waals surface area contributed by atoms with Crippen LogP contribution >= 0.6 is 0 Å². The van der Waals surface area contributed by atoms with E-state index < -0.39 is 46.6 Å². The number of aromatic amines is 1. The van der Waals surface area contributed by atoms with E-state index in [4.69, 9.17) is 0 Å². The van der Waals surface area contributed by atoms with E-state index >= 15 is 0 Å². The molecule has 0 aromatic carbocycles. The fourth-order valence-electron chi connectivity index (χ4n) is 5.12. The van der Waals surface area contributed by atoms with Crippen LogP contribution in [0, 0.1) is 0 Å².